The van der Waals surface area contributed by atoms with Gasteiger partial charge in [0.25, 0.3) is 11.5 Å². The Hall–Kier alpha value is -4.11. The summed E-state index contributed by atoms with van der Waals surface area (Å²) >= 11 is 6.06. The van der Waals surface area contributed by atoms with Crippen molar-refractivity contribution in [1.82, 2.24) is 24.5 Å². The Balaban J connectivity index is 1.61. The van der Waals surface area contributed by atoms with Crippen molar-refractivity contribution in [3.8, 4) is 11.1 Å². The first-order chi connectivity index (χ1) is 15.4. The van der Waals surface area contributed by atoms with Gasteiger partial charge in [-0.15, -0.1) is 10.2 Å². The van der Waals surface area contributed by atoms with E-state index in [4.69, 9.17) is 11.6 Å². The maximum atomic E-state index is 13.3. The van der Waals surface area contributed by atoms with E-state index < -0.39 is 11.5 Å². The molecular weight excluding hydrogens is 435 g/mol. The molecule has 1 amide bonds. The molecule has 0 spiro atoms. The van der Waals surface area contributed by atoms with Crippen molar-refractivity contribution in [3.05, 3.63) is 93.2 Å². The van der Waals surface area contributed by atoms with E-state index in [1.54, 1.807) is 49.4 Å². The summed E-state index contributed by atoms with van der Waals surface area (Å²) in [6.45, 7) is 1.80. The monoisotopic (exact) mass is 448 g/mol. The quantitative estimate of drug-likeness (QED) is 0.455. The normalized spacial score (nSPS) is 11.2. The van der Waals surface area contributed by atoms with Crippen LogP contribution in [-0.2, 0) is 0 Å². The molecule has 2 aromatic carbocycles. The Kier molecular flexibility index (Phi) is 4.67. The third kappa shape index (κ3) is 3.19. The highest BCUT2D eigenvalue weighted by atomic mass is 35.5. The predicted molar refractivity (Wildman–Crippen MR) is 118 cm³/mol. The summed E-state index contributed by atoms with van der Waals surface area (Å²) in [6, 6.07) is 14.1. The summed E-state index contributed by atoms with van der Waals surface area (Å²) < 4.78 is 15.9. The molecule has 0 bridgehead atoms. The highest BCUT2D eigenvalue weighted by Gasteiger charge is 2.18. The average molecular weight is 449 g/mol. The van der Waals surface area contributed by atoms with Crippen molar-refractivity contribution in [2.45, 2.75) is 6.92 Å². The van der Waals surface area contributed by atoms with E-state index in [1.807, 2.05) is 0 Å². The zero-order chi connectivity index (χ0) is 22.4. The third-order valence-electron chi connectivity index (χ3n) is 5.03. The molecule has 1 N–H and O–H groups in total. The molecule has 0 saturated heterocycles. The number of nitrogens with one attached hydrogen (secondary N) is 1. The van der Waals surface area contributed by atoms with Crippen molar-refractivity contribution >= 4 is 34.2 Å². The van der Waals surface area contributed by atoms with E-state index in [-0.39, 0.29) is 21.9 Å². The maximum absolute atomic E-state index is 13.3. The topological polar surface area (TPSA) is 94.2 Å². The number of aryl methyl sites for hydroxylation is 1. The molecule has 32 heavy (non-hydrogen) atoms. The van der Waals surface area contributed by atoms with Gasteiger partial charge in [0.2, 0.25) is 0 Å². The number of amides is 1. The minimum absolute atomic E-state index is 0.0209. The lowest BCUT2D eigenvalue weighted by Crippen LogP contribution is -2.33. The average Bonchev–Trinajstić information content (AvgIpc) is 3.12. The van der Waals surface area contributed by atoms with E-state index in [2.05, 4.69) is 20.7 Å². The first-order valence-electron chi connectivity index (χ1n) is 9.53. The Labute approximate surface area is 184 Å². The molecule has 0 radical (unpaired) electrons. The molecule has 0 atom stereocenters. The van der Waals surface area contributed by atoms with Crippen LogP contribution in [0.5, 0.6) is 0 Å². The molecule has 0 saturated carbocycles. The van der Waals surface area contributed by atoms with Crippen molar-refractivity contribution in [2.24, 2.45) is 0 Å². The highest BCUT2D eigenvalue weighted by Crippen LogP contribution is 2.28. The number of fused-ring (bicyclic) bond motifs is 3. The Morgan fingerprint density at radius 3 is 2.56 bits per heavy atom. The molecule has 0 aliphatic rings. The summed E-state index contributed by atoms with van der Waals surface area (Å²) in [4.78, 5) is 25.5. The molecule has 8 nitrogen and oxygen atoms in total. The lowest BCUT2D eigenvalue weighted by molar-refractivity contribution is 0.101. The van der Waals surface area contributed by atoms with Crippen molar-refractivity contribution in [3.63, 3.8) is 0 Å². The van der Waals surface area contributed by atoms with E-state index in [1.165, 1.54) is 22.8 Å². The van der Waals surface area contributed by atoms with Crippen LogP contribution in [0.15, 0.2) is 65.6 Å². The molecule has 5 rings (SSSR count). The van der Waals surface area contributed by atoms with Crippen LogP contribution in [0, 0.1) is 12.7 Å². The van der Waals surface area contributed by atoms with Gasteiger partial charge in [-0.25, -0.2) is 13.6 Å². The number of halogens is 2. The minimum Gasteiger partial charge on any atom is -0.267 e. The minimum atomic E-state index is -0.575. The van der Waals surface area contributed by atoms with Gasteiger partial charge in [0, 0.05) is 6.20 Å². The SMILES string of the molecule is Cc1nn2c(nnc3c(=O)n(NC(=O)c4ccccc4Cl)ccc32)c1-c1ccc(F)cc1. The summed E-state index contributed by atoms with van der Waals surface area (Å²) in [7, 11) is 0. The lowest BCUT2D eigenvalue weighted by atomic mass is 10.1. The van der Waals surface area contributed by atoms with Crippen LogP contribution in [0.4, 0.5) is 4.39 Å². The maximum Gasteiger partial charge on any atom is 0.299 e. The van der Waals surface area contributed by atoms with E-state index in [9.17, 15) is 14.0 Å². The van der Waals surface area contributed by atoms with Gasteiger partial charge in [0.1, 0.15) is 11.3 Å². The fourth-order valence-electron chi connectivity index (χ4n) is 3.51. The van der Waals surface area contributed by atoms with Gasteiger partial charge < -0.3 is 0 Å². The lowest BCUT2D eigenvalue weighted by Gasteiger charge is -2.10. The van der Waals surface area contributed by atoms with E-state index in [0.29, 0.717) is 22.4 Å². The number of nitrogens with zero attached hydrogens (tertiary/aromatic N) is 5. The third-order valence-corrected chi connectivity index (χ3v) is 5.36. The van der Waals surface area contributed by atoms with E-state index in [0.717, 1.165) is 10.2 Å². The number of aromatic nitrogens is 5. The standard InChI is InChI=1S/C22H14ClFN6O2/c1-12-18(13-6-8-14(24)9-7-13)20-26-25-19-17(30(20)27-12)10-11-29(22(19)32)28-21(31)15-4-2-3-5-16(15)23/h2-11H,1H3,(H,28,31). The molecule has 0 aliphatic heterocycles. The Bertz CT molecular complexity index is 1580. The van der Waals surface area contributed by atoms with Gasteiger partial charge in [0.05, 0.1) is 21.8 Å². The number of benzene rings is 2. The second kappa shape index (κ2) is 7.54. The number of carbonyl (C=O) groups is 1. The highest BCUT2D eigenvalue weighted by molar-refractivity contribution is 6.34. The number of pyridine rings is 1. The number of hydrogen-bond donors (Lipinski definition) is 1. The van der Waals surface area contributed by atoms with Crippen LogP contribution < -0.4 is 11.0 Å². The zero-order valence-electron chi connectivity index (χ0n) is 16.6. The summed E-state index contributed by atoms with van der Waals surface area (Å²) in [6.07, 6.45) is 1.41. The number of carbonyl (C=O) groups excluding carboxylic acids is 1. The molecule has 158 valence electrons. The second-order valence-corrected chi connectivity index (χ2v) is 7.46. The van der Waals surface area contributed by atoms with Crippen LogP contribution in [0.1, 0.15) is 16.1 Å². The van der Waals surface area contributed by atoms with Gasteiger partial charge in [-0.2, -0.15) is 5.10 Å². The van der Waals surface area contributed by atoms with Crippen LogP contribution >= 0.6 is 11.6 Å². The number of hydrogen-bond acceptors (Lipinski definition) is 5. The van der Waals surface area contributed by atoms with Gasteiger partial charge in [0.15, 0.2) is 11.2 Å². The van der Waals surface area contributed by atoms with E-state index >= 15 is 0 Å². The van der Waals surface area contributed by atoms with Crippen LogP contribution in [0.2, 0.25) is 5.02 Å². The van der Waals surface area contributed by atoms with Gasteiger partial charge in [-0.05, 0) is 42.8 Å². The summed E-state index contributed by atoms with van der Waals surface area (Å²) in [5, 5.41) is 13.0. The molecule has 10 heteroatoms. The molecule has 3 heterocycles. The van der Waals surface area contributed by atoms with Gasteiger partial charge >= 0.3 is 0 Å². The predicted octanol–water partition coefficient (Wildman–Crippen LogP) is 3.59. The largest absolute Gasteiger partial charge is 0.299 e. The van der Waals surface area contributed by atoms with Crippen LogP contribution in [0.25, 0.3) is 27.8 Å². The van der Waals surface area contributed by atoms with Crippen LogP contribution in [0.3, 0.4) is 0 Å². The van der Waals surface area contributed by atoms with Gasteiger partial charge in [-0.1, -0.05) is 35.9 Å². The molecule has 0 aliphatic carbocycles. The van der Waals surface area contributed by atoms with Crippen molar-refractivity contribution < 1.29 is 9.18 Å². The number of rotatable bonds is 3. The van der Waals surface area contributed by atoms with Crippen molar-refractivity contribution in [2.75, 3.05) is 5.43 Å². The first-order valence-corrected chi connectivity index (χ1v) is 9.91. The molecule has 0 fully saturated rings. The molecule has 5 aromatic rings. The summed E-state index contributed by atoms with van der Waals surface area (Å²) in [5.74, 6) is -0.890. The van der Waals surface area contributed by atoms with Crippen LogP contribution in [-0.4, -0.2) is 30.4 Å². The molecule has 0 unspecified atom stereocenters. The Morgan fingerprint density at radius 2 is 1.81 bits per heavy atom. The summed E-state index contributed by atoms with van der Waals surface area (Å²) in [5.41, 5.74) is 5.09. The fraction of sp³-hybridized carbons (Fsp3) is 0.0455. The Morgan fingerprint density at radius 1 is 1.06 bits per heavy atom. The smallest absolute Gasteiger partial charge is 0.267 e. The molecule has 3 aromatic heterocycles. The second-order valence-electron chi connectivity index (χ2n) is 7.05. The van der Waals surface area contributed by atoms with Crippen molar-refractivity contribution in [1.29, 1.82) is 0 Å². The van der Waals surface area contributed by atoms with Gasteiger partial charge in [-0.3, -0.25) is 15.0 Å². The fourth-order valence-corrected chi connectivity index (χ4v) is 3.73. The first kappa shape index (κ1) is 19.8. The molecular formula is C22H14ClFN6O2. The zero-order valence-corrected chi connectivity index (χ0v) is 17.3.